The zero-order valence-corrected chi connectivity index (χ0v) is 20.4. The Morgan fingerprint density at radius 3 is 2.44 bits per heavy atom. The molecule has 1 amide bonds. The molecule has 0 spiro atoms. The van der Waals surface area contributed by atoms with Gasteiger partial charge in [-0.15, -0.1) is 0 Å². The number of ether oxygens (including phenoxy) is 1. The highest BCUT2D eigenvalue weighted by Gasteiger charge is 2.47. The van der Waals surface area contributed by atoms with Gasteiger partial charge in [-0.3, -0.25) is 14.5 Å². The van der Waals surface area contributed by atoms with Gasteiger partial charge in [0.1, 0.15) is 11.5 Å². The summed E-state index contributed by atoms with van der Waals surface area (Å²) in [5.41, 5.74) is 1.68. The van der Waals surface area contributed by atoms with Crippen molar-refractivity contribution in [2.45, 2.75) is 19.4 Å². The topological polar surface area (TPSA) is 66.8 Å². The Bertz CT molecular complexity index is 1490. The predicted octanol–water partition coefficient (Wildman–Crippen LogP) is 6.91. The molecule has 0 bridgehead atoms. The quantitative estimate of drug-likeness (QED) is 0.178. The van der Waals surface area contributed by atoms with E-state index < -0.39 is 17.7 Å². The number of hydrogen-bond donors (Lipinski definition) is 1. The maximum atomic E-state index is 13.5. The summed E-state index contributed by atoms with van der Waals surface area (Å²) in [6.07, 6.45) is 0.837. The van der Waals surface area contributed by atoms with Crippen molar-refractivity contribution in [3.8, 4) is 5.75 Å². The Morgan fingerprint density at radius 2 is 1.67 bits per heavy atom. The Kier molecular flexibility index (Phi) is 6.49. The van der Waals surface area contributed by atoms with Crippen LogP contribution in [0.2, 0.25) is 5.02 Å². The standard InChI is InChI=1S/C30H24ClNO4/c1-2-17-36-23-10-5-9-20(18-23)28(33)26-27(25-12-6-8-19-7-3-4-11-24(19)25)32(30(35)29(26)34)22-15-13-21(31)14-16-22/h3-16,18,27,33H,2,17H2,1H3/b28-26-. The molecule has 1 N–H and O–H groups in total. The molecular weight excluding hydrogens is 474 g/mol. The summed E-state index contributed by atoms with van der Waals surface area (Å²) < 4.78 is 5.72. The number of carbonyl (C=O) groups is 2. The van der Waals surface area contributed by atoms with Crippen molar-refractivity contribution in [1.29, 1.82) is 0 Å². The monoisotopic (exact) mass is 497 g/mol. The van der Waals surface area contributed by atoms with E-state index in [-0.39, 0.29) is 11.3 Å². The number of aliphatic hydroxyl groups is 1. The van der Waals surface area contributed by atoms with Crippen LogP contribution in [0.5, 0.6) is 5.75 Å². The van der Waals surface area contributed by atoms with E-state index in [9.17, 15) is 14.7 Å². The van der Waals surface area contributed by atoms with E-state index in [1.54, 1.807) is 48.5 Å². The van der Waals surface area contributed by atoms with Crippen LogP contribution < -0.4 is 9.64 Å². The van der Waals surface area contributed by atoms with Crippen molar-refractivity contribution >= 4 is 45.5 Å². The number of Topliss-reactive ketones (excluding diaryl/α,β-unsaturated/α-hetero) is 1. The van der Waals surface area contributed by atoms with Crippen LogP contribution in [-0.4, -0.2) is 23.4 Å². The third-order valence-corrected chi connectivity index (χ3v) is 6.50. The van der Waals surface area contributed by atoms with Crippen molar-refractivity contribution in [2.75, 3.05) is 11.5 Å². The van der Waals surface area contributed by atoms with E-state index in [0.717, 1.165) is 22.8 Å². The van der Waals surface area contributed by atoms with Crippen LogP contribution in [0.15, 0.2) is 96.6 Å². The molecular formula is C30H24ClNO4. The van der Waals surface area contributed by atoms with Crippen molar-refractivity contribution in [2.24, 2.45) is 0 Å². The molecule has 5 rings (SSSR count). The highest BCUT2D eigenvalue weighted by Crippen LogP contribution is 2.44. The molecule has 0 radical (unpaired) electrons. The second-order valence-electron chi connectivity index (χ2n) is 8.59. The summed E-state index contributed by atoms with van der Waals surface area (Å²) in [6.45, 7) is 2.54. The van der Waals surface area contributed by atoms with Crippen molar-refractivity contribution in [1.82, 2.24) is 0 Å². The first kappa shape index (κ1) is 23.6. The first-order chi connectivity index (χ1) is 17.5. The lowest BCUT2D eigenvalue weighted by molar-refractivity contribution is -0.132. The largest absolute Gasteiger partial charge is 0.507 e. The minimum absolute atomic E-state index is 0.0268. The second kappa shape index (κ2) is 9.88. The van der Waals surface area contributed by atoms with E-state index in [0.29, 0.717) is 28.6 Å². The molecule has 0 saturated carbocycles. The van der Waals surface area contributed by atoms with Gasteiger partial charge < -0.3 is 9.84 Å². The molecule has 1 unspecified atom stereocenters. The smallest absolute Gasteiger partial charge is 0.300 e. The van der Waals surface area contributed by atoms with Crippen LogP contribution in [0.4, 0.5) is 5.69 Å². The summed E-state index contributed by atoms with van der Waals surface area (Å²) in [5, 5.41) is 13.8. The van der Waals surface area contributed by atoms with Gasteiger partial charge in [0, 0.05) is 16.3 Å². The fourth-order valence-corrected chi connectivity index (χ4v) is 4.72. The number of nitrogens with zero attached hydrogens (tertiary/aromatic N) is 1. The number of benzene rings is 4. The lowest BCUT2D eigenvalue weighted by Crippen LogP contribution is -2.29. The van der Waals surface area contributed by atoms with Crippen LogP contribution in [0, 0.1) is 0 Å². The number of rotatable bonds is 6. The fourth-order valence-electron chi connectivity index (χ4n) is 4.59. The van der Waals surface area contributed by atoms with E-state index in [1.165, 1.54) is 4.90 Å². The average molecular weight is 498 g/mol. The lowest BCUT2D eigenvalue weighted by Gasteiger charge is -2.26. The summed E-state index contributed by atoms with van der Waals surface area (Å²) >= 11 is 6.09. The first-order valence-corrected chi connectivity index (χ1v) is 12.1. The number of ketones is 1. The first-order valence-electron chi connectivity index (χ1n) is 11.8. The molecule has 1 saturated heterocycles. The zero-order valence-electron chi connectivity index (χ0n) is 19.6. The maximum Gasteiger partial charge on any atom is 0.300 e. The van der Waals surface area contributed by atoms with Crippen LogP contribution in [0.25, 0.3) is 16.5 Å². The normalized spacial score (nSPS) is 17.1. The van der Waals surface area contributed by atoms with Crippen molar-refractivity contribution < 1.29 is 19.4 Å². The van der Waals surface area contributed by atoms with Gasteiger partial charge in [-0.1, -0.05) is 73.1 Å². The van der Waals surface area contributed by atoms with Crippen LogP contribution >= 0.6 is 11.6 Å². The second-order valence-corrected chi connectivity index (χ2v) is 9.03. The molecule has 6 heteroatoms. The maximum absolute atomic E-state index is 13.5. The van der Waals surface area contributed by atoms with Crippen LogP contribution in [0.3, 0.4) is 0 Å². The van der Waals surface area contributed by atoms with Crippen LogP contribution in [-0.2, 0) is 9.59 Å². The molecule has 5 nitrogen and oxygen atoms in total. The van der Waals surface area contributed by atoms with E-state index in [1.807, 2.05) is 49.4 Å². The fraction of sp³-hybridized carbons (Fsp3) is 0.133. The molecule has 1 heterocycles. The van der Waals surface area contributed by atoms with Gasteiger partial charge in [-0.2, -0.15) is 0 Å². The number of fused-ring (bicyclic) bond motifs is 1. The van der Waals surface area contributed by atoms with Crippen molar-refractivity contribution in [3.63, 3.8) is 0 Å². The third-order valence-electron chi connectivity index (χ3n) is 6.25. The number of carbonyl (C=O) groups excluding carboxylic acids is 2. The zero-order chi connectivity index (χ0) is 25.2. The number of hydrogen-bond acceptors (Lipinski definition) is 4. The highest BCUT2D eigenvalue weighted by molar-refractivity contribution is 6.52. The molecule has 1 atom stereocenters. The van der Waals surface area contributed by atoms with E-state index in [4.69, 9.17) is 16.3 Å². The molecule has 4 aromatic carbocycles. The number of halogens is 1. The average Bonchev–Trinajstić information content (AvgIpc) is 3.17. The molecule has 0 aliphatic carbocycles. The molecule has 1 aliphatic heterocycles. The molecule has 1 aliphatic rings. The van der Waals surface area contributed by atoms with Gasteiger partial charge in [-0.05, 0) is 59.2 Å². The third kappa shape index (κ3) is 4.23. The van der Waals surface area contributed by atoms with E-state index >= 15 is 0 Å². The van der Waals surface area contributed by atoms with Gasteiger partial charge in [0.25, 0.3) is 11.7 Å². The Hall–Kier alpha value is -4.09. The van der Waals surface area contributed by atoms with Gasteiger partial charge in [0.2, 0.25) is 0 Å². The van der Waals surface area contributed by atoms with Gasteiger partial charge in [0.15, 0.2) is 0 Å². The number of aliphatic hydroxyl groups excluding tert-OH is 1. The minimum Gasteiger partial charge on any atom is -0.507 e. The van der Waals surface area contributed by atoms with Crippen molar-refractivity contribution in [3.05, 3.63) is 113 Å². The summed E-state index contributed by atoms with van der Waals surface area (Å²) in [7, 11) is 0. The molecule has 180 valence electrons. The Morgan fingerprint density at radius 1 is 0.944 bits per heavy atom. The Balaban J connectivity index is 1.74. The summed E-state index contributed by atoms with van der Waals surface area (Å²) in [4.78, 5) is 28.4. The van der Waals surface area contributed by atoms with Gasteiger partial charge >= 0.3 is 0 Å². The Labute approximate surface area is 214 Å². The minimum atomic E-state index is -0.836. The van der Waals surface area contributed by atoms with Gasteiger partial charge in [0.05, 0.1) is 18.2 Å². The van der Waals surface area contributed by atoms with Gasteiger partial charge in [-0.25, -0.2) is 0 Å². The highest BCUT2D eigenvalue weighted by atomic mass is 35.5. The number of amides is 1. The molecule has 0 aromatic heterocycles. The summed E-state index contributed by atoms with van der Waals surface area (Å²) in [6, 6.07) is 26.3. The SMILES string of the molecule is CCCOc1cccc(/C(O)=C2/C(=O)C(=O)N(c3ccc(Cl)cc3)C2c2cccc3ccccc23)c1. The molecule has 36 heavy (non-hydrogen) atoms. The molecule has 1 fully saturated rings. The molecule has 4 aromatic rings. The van der Waals surface area contributed by atoms with E-state index in [2.05, 4.69) is 0 Å². The number of anilines is 1. The lowest BCUT2D eigenvalue weighted by atomic mass is 9.91. The van der Waals surface area contributed by atoms with Crippen LogP contribution in [0.1, 0.15) is 30.5 Å². The predicted molar refractivity (Wildman–Crippen MR) is 142 cm³/mol. The summed E-state index contributed by atoms with van der Waals surface area (Å²) in [5.74, 6) is -1.13.